The lowest BCUT2D eigenvalue weighted by molar-refractivity contribution is 0.391. The Balaban J connectivity index is 2.33. The van der Waals surface area contributed by atoms with Crippen LogP contribution in [0.4, 0.5) is 0 Å². The Hall–Kier alpha value is -1.13. The smallest absolute Gasteiger partial charge is 0.126 e. The van der Waals surface area contributed by atoms with E-state index in [2.05, 4.69) is 42.9 Å². The highest BCUT2D eigenvalue weighted by atomic mass is 32.1. The van der Waals surface area contributed by atoms with Crippen LogP contribution in [-0.2, 0) is 5.54 Å². The molecule has 2 heterocycles. The van der Waals surface area contributed by atoms with Crippen LogP contribution in [0, 0.1) is 6.92 Å². The Kier molecular flexibility index (Phi) is 3.35. The lowest BCUT2D eigenvalue weighted by atomic mass is 9.93. The van der Waals surface area contributed by atoms with Crippen molar-refractivity contribution in [2.24, 2.45) is 5.73 Å². The van der Waals surface area contributed by atoms with E-state index in [0.29, 0.717) is 0 Å². The van der Waals surface area contributed by atoms with E-state index >= 15 is 0 Å². The van der Waals surface area contributed by atoms with Gasteiger partial charge in [0.2, 0.25) is 0 Å². The molecule has 0 spiro atoms. The molecule has 92 valence electrons. The van der Waals surface area contributed by atoms with E-state index in [4.69, 9.17) is 5.73 Å². The molecule has 4 heteroatoms. The monoisotopic (exact) mass is 249 g/mol. The molecule has 0 fully saturated rings. The summed E-state index contributed by atoms with van der Waals surface area (Å²) in [5.74, 6) is 0.892. The molecule has 0 aliphatic carbocycles. The largest absolute Gasteiger partial charge is 0.340 e. The number of thiophene rings is 1. The van der Waals surface area contributed by atoms with Crippen molar-refractivity contribution in [2.75, 3.05) is 0 Å². The fraction of sp³-hybridized carbons (Fsp3) is 0.462. The Morgan fingerprint density at radius 2 is 2.06 bits per heavy atom. The summed E-state index contributed by atoms with van der Waals surface area (Å²) in [6.07, 6.45) is 3.66. The zero-order valence-electron chi connectivity index (χ0n) is 10.6. The van der Waals surface area contributed by atoms with Crippen LogP contribution in [0.1, 0.15) is 37.4 Å². The number of rotatable bonds is 4. The number of nitrogens with zero attached hydrogens (tertiary/aromatic N) is 1. The van der Waals surface area contributed by atoms with E-state index in [1.54, 1.807) is 11.3 Å². The van der Waals surface area contributed by atoms with Crippen LogP contribution < -0.4 is 5.73 Å². The van der Waals surface area contributed by atoms with Crippen LogP contribution in [-0.4, -0.2) is 9.97 Å². The molecule has 0 atom stereocenters. The maximum Gasteiger partial charge on any atom is 0.126 e. The summed E-state index contributed by atoms with van der Waals surface area (Å²) < 4.78 is 0. The first-order chi connectivity index (χ1) is 8.09. The molecule has 0 amide bonds. The normalized spacial score (nSPS) is 12.0. The van der Waals surface area contributed by atoms with Crippen LogP contribution >= 0.6 is 11.3 Å². The average Bonchev–Trinajstić information content (AvgIpc) is 2.96. The molecular weight excluding hydrogens is 230 g/mol. The van der Waals surface area contributed by atoms with Crippen LogP contribution in [0.15, 0.2) is 18.3 Å². The molecule has 0 radical (unpaired) electrons. The first-order valence-electron chi connectivity index (χ1n) is 6.00. The standard InChI is InChI=1S/C13H19N3S/c1-4-13(14,5-2)12-15-8-10(16-12)11-7-6-9(3)17-11/h6-8H,4-5,14H2,1-3H3,(H,15,16). The van der Waals surface area contributed by atoms with E-state index in [-0.39, 0.29) is 5.54 Å². The molecule has 2 rings (SSSR count). The molecule has 0 saturated heterocycles. The van der Waals surface area contributed by atoms with Gasteiger partial charge < -0.3 is 10.7 Å². The summed E-state index contributed by atoms with van der Waals surface area (Å²) in [7, 11) is 0. The summed E-state index contributed by atoms with van der Waals surface area (Å²) in [4.78, 5) is 10.3. The van der Waals surface area contributed by atoms with Crippen molar-refractivity contribution in [3.05, 3.63) is 29.0 Å². The third-order valence-electron chi connectivity index (χ3n) is 3.32. The predicted molar refractivity (Wildman–Crippen MR) is 73.1 cm³/mol. The van der Waals surface area contributed by atoms with E-state index < -0.39 is 0 Å². The Labute approximate surface area is 106 Å². The van der Waals surface area contributed by atoms with Crippen molar-refractivity contribution in [3.8, 4) is 10.6 Å². The quantitative estimate of drug-likeness (QED) is 0.872. The van der Waals surface area contributed by atoms with Crippen molar-refractivity contribution in [1.82, 2.24) is 9.97 Å². The van der Waals surface area contributed by atoms with E-state index in [0.717, 1.165) is 24.4 Å². The fourth-order valence-corrected chi connectivity index (χ4v) is 2.70. The molecule has 0 unspecified atom stereocenters. The van der Waals surface area contributed by atoms with Crippen molar-refractivity contribution >= 4 is 11.3 Å². The first kappa shape index (κ1) is 12.3. The Morgan fingerprint density at radius 3 is 2.59 bits per heavy atom. The minimum atomic E-state index is -0.329. The first-order valence-corrected chi connectivity index (χ1v) is 6.82. The summed E-state index contributed by atoms with van der Waals surface area (Å²) >= 11 is 1.77. The van der Waals surface area contributed by atoms with Gasteiger partial charge in [0.15, 0.2) is 0 Å². The third-order valence-corrected chi connectivity index (χ3v) is 4.35. The number of H-pyrrole nitrogens is 1. The number of hydrogen-bond acceptors (Lipinski definition) is 3. The van der Waals surface area contributed by atoms with Gasteiger partial charge in [-0.25, -0.2) is 4.98 Å². The zero-order chi connectivity index (χ0) is 12.5. The second-order valence-electron chi connectivity index (χ2n) is 4.42. The second-order valence-corrected chi connectivity index (χ2v) is 5.71. The van der Waals surface area contributed by atoms with Gasteiger partial charge >= 0.3 is 0 Å². The minimum Gasteiger partial charge on any atom is -0.340 e. The van der Waals surface area contributed by atoms with Gasteiger partial charge in [0, 0.05) is 4.88 Å². The van der Waals surface area contributed by atoms with Crippen LogP contribution in [0.25, 0.3) is 10.6 Å². The predicted octanol–water partition coefficient (Wildman–Crippen LogP) is 3.42. The summed E-state index contributed by atoms with van der Waals surface area (Å²) in [6.45, 7) is 6.30. The summed E-state index contributed by atoms with van der Waals surface area (Å²) in [5.41, 5.74) is 7.06. The second kappa shape index (κ2) is 4.63. The zero-order valence-corrected chi connectivity index (χ0v) is 11.4. The van der Waals surface area contributed by atoms with E-state index in [1.807, 2.05) is 6.20 Å². The number of aromatic nitrogens is 2. The topological polar surface area (TPSA) is 54.7 Å². The third kappa shape index (κ3) is 2.28. The molecule has 2 aromatic heterocycles. The lowest BCUT2D eigenvalue weighted by Gasteiger charge is -2.23. The van der Waals surface area contributed by atoms with Gasteiger partial charge in [0.05, 0.1) is 22.3 Å². The number of nitrogens with one attached hydrogen (secondary N) is 1. The van der Waals surface area contributed by atoms with Crippen LogP contribution in [0.5, 0.6) is 0 Å². The lowest BCUT2D eigenvalue weighted by Crippen LogP contribution is -2.36. The van der Waals surface area contributed by atoms with E-state index in [1.165, 1.54) is 9.75 Å². The number of nitrogens with two attached hydrogens (primary N) is 1. The van der Waals surface area contributed by atoms with Gasteiger partial charge in [0.1, 0.15) is 5.82 Å². The number of aromatic amines is 1. The molecule has 3 nitrogen and oxygen atoms in total. The average molecular weight is 249 g/mol. The molecule has 0 bridgehead atoms. The number of imidazole rings is 1. The Morgan fingerprint density at radius 1 is 1.35 bits per heavy atom. The van der Waals surface area contributed by atoms with Gasteiger partial charge in [-0.1, -0.05) is 13.8 Å². The fourth-order valence-electron chi connectivity index (χ4n) is 1.86. The molecule has 0 aliphatic rings. The van der Waals surface area contributed by atoms with Gasteiger partial charge in [-0.05, 0) is 31.9 Å². The molecule has 0 aromatic carbocycles. The molecule has 2 aromatic rings. The Bertz CT molecular complexity index is 494. The van der Waals surface area contributed by atoms with Gasteiger partial charge in [0.25, 0.3) is 0 Å². The van der Waals surface area contributed by atoms with Crippen molar-refractivity contribution < 1.29 is 0 Å². The highest BCUT2D eigenvalue weighted by Crippen LogP contribution is 2.29. The van der Waals surface area contributed by atoms with Crippen molar-refractivity contribution in [2.45, 2.75) is 39.2 Å². The van der Waals surface area contributed by atoms with Crippen LogP contribution in [0.2, 0.25) is 0 Å². The number of hydrogen-bond donors (Lipinski definition) is 2. The maximum atomic E-state index is 6.32. The molecule has 0 saturated carbocycles. The maximum absolute atomic E-state index is 6.32. The van der Waals surface area contributed by atoms with E-state index in [9.17, 15) is 0 Å². The van der Waals surface area contributed by atoms with Crippen molar-refractivity contribution in [3.63, 3.8) is 0 Å². The summed E-state index contributed by atoms with van der Waals surface area (Å²) in [5, 5.41) is 0. The highest BCUT2D eigenvalue weighted by molar-refractivity contribution is 7.15. The van der Waals surface area contributed by atoms with Crippen molar-refractivity contribution in [1.29, 1.82) is 0 Å². The minimum absolute atomic E-state index is 0.329. The molecule has 3 N–H and O–H groups in total. The summed E-state index contributed by atoms with van der Waals surface area (Å²) in [6, 6.07) is 4.24. The molecule has 0 aliphatic heterocycles. The molecular formula is C13H19N3S. The van der Waals surface area contributed by atoms with Crippen LogP contribution in [0.3, 0.4) is 0 Å². The SMILES string of the molecule is CCC(N)(CC)c1ncc(-c2ccc(C)s2)[nH]1. The van der Waals surface area contributed by atoms with Gasteiger partial charge in [-0.15, -0.1) is 11.3 Å². The van der Waals surface area contributed by atoms with Gasteiger partial charge in [-0.3, -0.25) is 0 Å². The van der Waals surface area contributed by atoms with Gasteiger partial charge in [-0.2, -0.15) is 0 Å². The number of aryl methyl sites for hydroxylation is 1. The highest BCUT2D eigenvalue weighted by Gasteiger charge is 2.26. The molecule has 17 heavy (non-hydrogen) atoms.